The molecule has 86 valence electrons. The van der Waals surface area contributed by atoms with Crippen molar-refractivity contribution in [1.82, 2.24) is 4.90 Å². The number of morpholine rings is 1. The van der Waals surface area contributed by atoms with Crippen LogP contribution in [0.25, 0.3) is 0 Å². The fraction of sp³-hybridized carbons (Fsp3) is 0.727. The van der Waals surface area contributed by atoms with Crippen molar-refractivity contribution >= 4 is 5.97 Å². The molecule has 0 aromatic carbocycles. The maximum absolute atomic E-state index is 10.6. The largest absolute Gasteiger partial charge is 0.478 e. The third-order valence-electron chi connectivity index (χ3n) is 2.50. The molecule has 0 aliphatic carbocycles. The van der Waals surface area contributed by atoms with Crippen LogP contribution in [0, 0.1) is 0 Å². The second kappa shape index (κ2) is 4.77. The first-order valence-corrected chi connectivity index (χ1v) is 5.17. The smallest absolute Gasteiger partial charge is 0.330 e. The van der Waals surface area contributed by atoms with Crippen molar-refractivity contribution in [1.29, 1.82) is 0 Å². The first-order valence-electron chi connectivity index (χ1n) is 5.17. The van der Waals surface area contributed by atoms with E-state index in [1.165, 1.54) is 0 Å². The second-order valence-electron chi connectivity index (χ2n) is 4.54. The van der Waals surface area contributed by atoms with Crippen molar-refractivity contribution in [2.75, 3.05) is 26.2 Å². The van der Waals surface area contributed by atoms with Gasteiger partial charge in [0, 0.05) is 25.2 Å². The van der Waals surface area contributed by atoms with Crippen LogP contribution in [-0.4, -0.2) is 47.8 Å². The molecule has 0 aromatic heterocycles. The van der Waals surface area contributed by atoms with Crippen LogP contribution in [0.3, 0.4) is 0 Å². The van der Waals surface area contributed by atoms with Gasteiger partial charge in [-0.1, -0.05) is 6.08 Å². The summed E-state index contributed by atoms with van der Waals surface area (Å²) in [5, 5.41) is 8.70. The van der Waals surface area contributed by atoms with Crippen molar-refractivity contribution in [3.8, 4) is 0 Å². The minimum atomic E-state index is -0.845. The second-order valence-corrected chi connectivity index (χ2v) is 4.54. The lowest BCUT2D eigenvalue weighted by molar-refractivity contribution is -0.132. The molecule has 0 atom stereocenters. The highest BCUT2D eigenvalue weighted by molar-refractivity contribution is 5.85. The van der Waals surface area contributed by atoms with Crippen LogP contribution in [0.15, 0.2) is 11.6 Å². The van der Waals surface area contributed by atoms with Crippen LogP contribution < -0.4 is 0 Å². The molecule has 0 spiro atoms. The first kappa shape index (κ1) is 12.2. The number of carboxylic acid groups (broad SMARTS) is 1. The molecule has 1 rings (SSSR count). The van der Waals surface area contributed by atoms with E-state index in [1.807, 2.05) is 13.8 Å². The molecule has 0 saturated carbocycles. The highest BCUT2D eigenvalue weighted by atomic mass is 16.5. The van der Waals surface area contributed by atoms with Crippen LogP contribution in [0.5, 0.6) is 0 Å². The van der Waals surface area contributed by atoms with Gasteiger partial charge in [-0.3, -0.25) is 4.90 Å². The molecule has 0 aromatic rings. The van der Waals surface area contributed by atoms with Gasteiger partial charge in [0.2, 0.25) is 0 Å². The van der Waals surface area contributed by atoms with Crippen molar-refractivity contribution in [3.05, 3.63) is 11.6 Å². The lowest BCUT2D eigenvalue weighted by Gasteiger charge is -2.37. The van der Waals surface area contributed by atoms with Gasteiger partial charge >= 0.3 is 5.97 Å². The van der Waals surface area contributed by atoms with E-state index in [0.717, 1.165) is 13.1 Å². The normalized spacial score (nSPS) is 22.7. The topological polar surface area (TPSA) is 49.8 Å². The molecule has 1 aliphatic rings. The number of carboxylic acids is 1. The summed E-state index contributed by atoms with van der Waals surface area (Å²) in [6.07, 6.45) is 1.75. The Kier molecular flexibility index (Phi) is 3.88. The van der Waals surface area contributed by atoms with Gasteiger partial charge < -0.3 is 9.84 Å². The van der Waals surface area contributed by atoms with Crippen LogP contribution >= 0.6 is 0 Å². The lowest BCUT2D eigenvalue weighted by Crippen LogP contribution is -2.48. The Balaban J connectivity index is 2.46. The minimum absolute atomic E-state index is 0.122. The Hall–Kier alpha value is -0.870. The van der Waals surface area contributed by atoms with E-state index in [1.54, 1.807) is 13.0 Å². The molecule has 0 amide bonds. The summed E-state index contributed by atoms with van der Waals surface area (Å²) >= 11 is 0. The SMILES string of the molecule is CC(=CCN1CCOC(C)(C)C1)C(=O)O. The summed E-state index contributed by atoms with van der Waals surface area (Å²) in [6.45, 7) is 8.83. The Morgan fingerprint density at radius 1 is 1.60 bits per heavy atom. The summed E-state index contributed by atoms with van der Waals surface area (Å²) in [7, 11) is 0. The average molecular weight is 213 g/mol. The van der Waals surface area contributed by atoms with Crippen LogP contribution in [-0.2, 0) is 9.53 Å². The van der Waals surface area contributed by atoms with E-state index in [4.69, 9.17) is 9.84 Å². The number of hydrogen-bond acceptors (Lipinski definition) is 3. The summed E-state index contributed by atoms with van der Waals surface area (Å²) in [5.41, 5.74) is 0.280. The van der Waals surface area contributed by atoms with Crippen molar-refractivity contribution < 1.29 is 14.6 Å². The molecule has 1 aliphatic heterocycles. The number of nitrogens with zero attached hydrogens (tertiary/aromatic N) is 1. The molecule has 1 N–H and O–H groups in total. The third-order valence-corrected chi connectivity index (χ3v) is 2.50. The van der Waals surface area contributed by atoms with Crippen LogP contribution in [0.1, 0.15) is 20.8 Å². The zero-order valence-corrected chi connectivity index (χ0v) is 9.62. The Labute approximate surface area is 90.5 Å². The quantitative estimate of drug-likeness (QED) is 0.714. The van der Waals surface area contributed by atoms with Crippen LogP contribution in [0.2, 0.25) is 0 Å². The molecular formula is C11H19NO3. The minimum Gasteiger partial charge on any atom is -0.478 e. The lowest BCUT2D eigenvalue weighted by atomic mass is 10.1. The van der Waals surface area contributed by atoms with Gasteiger partial charge in [0.15, 0.2) is 0 Å². The van der Waals surface area contributed by atoms with Gasteiger partial charge in [-0.15, -0.1) is 0 Å². The predicted octanol–water partition coefficient (Wildman–Crippen LogP) is 1.13. The van der Waals surface area contributed by atoms with E-state index < -0.39 is 5.97 Å². The molecule has 0 unspecified atom stereocenters. The standard InChI is InChI=1S/C11H19NO3/c1-9(10(13)14)4-5-12-6-7-15-11(2,3)8-12/h4H,5-8H2,1-3H3,(H,13,14). The van der Waals surface area contributed by atoms with E-state index in [-0.39, 0.29) is 5.60 Å². The van der Waals surface area contributed by atoms with Gasteiger partial charge in [-0.25, -0.2) is 4.79 Å². The fourth-order valence-electron chi connectivity index (χ4n) is 1.62. The van der Waals surface area contributed by atoms with Gasteiger partial charge in [0.05, 0.1) is 12.2 Å². The maximum atomic E-state index is 10.6. The highest BCUT2D eigenvalue weighted by Crippen LogP contribution is 2.16. The number of aliphatic carboxylic acids is 1. The number of rotatable bonds is 3. The zero-order chi connectivity index (χ0) is 11.5. The molecule has 1 saturated heterocycles. The zero-order valence-electron chi connectivity index (χ0n) is 9.62. The van der Waals surface area contributed by atoms with Crippen molar-refractivity contribution in [3.63, 3.8) is 0 Å². The van der Waals surface area contributed by atoms with E-state index >= 15 is 0 Å². The number of carbonyl (C=O) groups is 1. The van der Waals surface area contributed by atoms with Crippen LogP contribution in [0.4, 0.5) is 0 Å². The van der Waals surface area contributed by atoms with Gasteiger partial charge in [0.1, 0.15) is 0 Å². The van der Waals surface area contributed by atoms with E-state index in [9.17, 15) is 4.79 Å². The van der Waals surface area contributed by atoms with Gasteiger partial charge in [0.25, 0.3) is 0 Å². The number of ether oxygens (including phenoxy) is 1. The molecule has 1 fully saturated rings. The third kappa shape index (κ3) is 4.01. The van der Waals surface area contributed by atoms with E-state index in [2.05, 4.69) is 4.90 Å². The summed E-state index contributed by atoms with van der Waals surface area (Å²) in [4.78, 5) is 12.8. The predicted molar refractivity (Wildman–Crippen MR) is 57.9 cm³/mol. The summed E-state index contributed by atoms with van der Waals surface area (Å²) in [5.74, 6) is -0.845. The van der Waals surface area contributed by atoms with E-state index in [0.29, 0.717) is 18.7 Å². The van der Waals surface area contributed by atoms with Gasteiger partial charge in [-0.2, -0.15) is 0 Å². The molecular weight excluding hydrogens is 194 g/mol. The Morgan fingerprint density at radius 2 is 2.27 bits per heavy atom. The summed E-state index contributed by atoms with van der Waals surface area (Å²) < 4.78 is 5.57. The molecule has 4 nitrogen and oxygen atoms in total. The molecule has 15 heavy (non-hydrogen) atoms. The molecule has 0 radical (unpaired) electrons. The van der Waals surface area contributed by atoms with Crippen molar-refractivity contribution in [2.24, 2.45) is 0 Å². The first-order chi connectivity index (χ1) is 6.91. The molecule has 1 heterocycles. The summed E-state index contributed by atoms with van der Waals surface area (Å²) in [6, 6.07) is 0. The molecule has 4 heteroatoms. The van der Waals surface area contributed by atoms with Gasteiger partial charge in [-0.05, 0) is 20.8 Å². The Morgan fingerprint density at radius 3 is 2.80 bits per heavy atom. The Bertz CT molecular complexity index is 271. The number of hydrogen-bond donors (Lipinski definition) is 1. The van der Waals surface area contributed by atoms with Crippen molar-refractivity contribution in [2.45, 2.75) is 26.4 Å². The molecule has 0 bridgehead atoms. The fourth-order valence-corrected chi connectivity index (χ4v) is 1.62. The monoisotopic (exact) mass is 213 g/mol. The maximum Gasteiger partial charge on any atom is 0.330 e. The average Bonchev–Trinajstić information content (AvgIpc) is 2.12. The highest BCUT2D eigenvalue weighted by Gasteiger charge is 2.26.